The molecule has 0 radical (unpaired) electrons. The number of piperazine rings is 1. The lowest BCUT2D eigenvalue weighted by Crippen LogP contribution is -2.44. The minimum absolute atomic E-state index is 0.102. The van der Waals surface area contributed by atoms with E-state index in [9.17, 15) is 10.1 Å². The van der Waals surface area contributed by atoms with Gasteiger partial charge in [-0.15, -0.1) is 0 Å². The van der Waals surface area contributed by atoms with Crippen LogP contribution in [-0.4, -0.2) is 60.6 Å². The van der Waals surface area contributed by atoms with Gasteiger partial charge in [0.05, 0.1) is 33.6 Å². The number of likely N-dealkylation sites (N-methyl/N-ethyl adjacent to an activating group) is 1. The minimum Gasteiger partial charge on any atom is -0.477 e. The van der Waals surface area contributed by atoms with E-state index in [0.29, 0.717) is 33.6 Å². The van der Waals surface area contributed by atoms with Gasteiger partial charge in [0.15, 0.2) is 0 Å². The number of nitriles is 1. The molecule has 0 aliphatic carbocycles. The van der Waals surface area contributed by atoms with Crippen LogP contribution in [-0.2, 0) is 0 Å². The van der Waals surface area contributed by atoms with E-state index in [1.54, 1.807) is 31.2 Å². The summed E-state index contributed by atoms with van der Waals surface area (Å²) in [6.07, 6.45) is 1.37. The number of anilines is 4. The first-order valence-electron chi connectivity index (χ1n) is 11.4. The van der Waals surface area contributed by atoms with Crippen LogP contribution in [0.4, 0.5) is 23.0 Å². The predicted octanol–water partition coefficient (Wildman–Crippen LogP) is 4.80. The fourth-order valence-electron chi connectivity index (χ4n) is 3.78. The van der Waals surface area contributed by atoms with Crippen LogP contribution in [0.3, 0.4) is 0 Å². The lowest BCUT2D eigenvalue weighted by Gasteiger charge is -2.34. The Kier molecular flexibility index (Phi) is 8.10. The van der Waals surface area contributed by atoms with E-state index in [0.717, 1.165) is 31.9 Å². The van der Waals surface area contributed by atoms with Gasteiger partial charge >= 0.3 is 0 Å². The molecular weight excluding hydrogens is 501 g/mol. The maximum atomic E-state index is 12.9. The molecule has 1 aliphatic heterocycles. The average Bonchev–Trinajstić information content (AvgIpc) is 2.87. The Bertz CT molecular complexity index is 1280. The first kappa shape index (κ1) is 25.5. The van der Waals surface area contributed by atoms with Gasteiger partial charge in [-0.2, -0.15) is 10.2 Å². The molecular formula is C25H25Cl2N7O2. The molecule has 186 valence electrons. The maximum absolute atomic E-state index is 12.9. The second kappa shape index (κ2) is 11.4. The number of rotatable bonds is 7. The van der Waals surface area contributed by atoms with Crippen LogP contribution in [0.1, 0.15) is 22.8 Å². The van der Waals surface area contributed by atoms with E-state index in [1.165, 1.54) is 6.20 Å². The number of hydrogen-bond donors (Lipinski definition) is 2. The number of amides is 1. The summed E-state index contributed by atoms with van der Waals surface area (Å²) in [4.78, 5) is 26.0. The monoisotopic (exact) mass is 525 g/mol. The number of para-hydroxylation sites is 1. The smallest absolute Gasteiger partial charge is 0.262 e. The van der Waals surface area contributed by atoms with Crippen molar-refractivity contribution in [2.24, 2.45) is 0 Å². The highest BCUT2D eigenvalue weighted by molar-refractivity contribution is 6.40. The van der Waals surface area contributed by atoms with Crippen molar-refractivity contribution in [1.82, 2.24) is 14.9 Å². The van der Waals surface area contributed by atoms with E-state index < -0.39 is 5.91 Å². The second-order valence-corrected chi connectivity index (χ2v) is 8.97. The Morgan fingerprint density at radius 2 is 1.89 bits per heavy atom. The number of halogens is 2. The lowest BCUT2D eigenvalue weighted by molar-refractivity contribution is 0.102. The molecule has 2 aromatic carbocycles. The molecule has 4 rings (SSSR count). The zero-order chi connectivity index (χ0) is 25.7. The number of carbonyl (C=O) groups excluding carboxylic acids is 1. The zero-order valence-corrected chi connectivity index (χ0v) is 21.4. The van der Waals surface area contributed by atoms with Crippen LogP contribution in [0.15, 0.2) is 42.6 Å². The molecule has 0 spiro atoms. The molecule has 36 heavy (non-hydrogen) atoms. The van der Waals surface area contributed by atoms with Gasteiger partial charge in [-0.3, -0.25) is 4.79 Å². The second-order valence-electron chi connectivity index (χ2n) is 8.16. The fourth-order valence-corrected chi connectivity index (χ4v) is 4.27. The number of ether oxygens (including phenoxy) is 1. The van der Waals surface area contributed by atoms with E-state index in [2.05, 4.69) is 43.5 Å². The number of aromatic nitrogens is 2. The molecule has 9 nitrogen and oxygen atoms in total. The van der Waals surface area contributed by atoms with E-state index >= 15 is 0 Å². The van der Waals surface area contributed by atoms with Crippen LogP contribution in [0, 0.1) is 11.3 Å². The molecule has 0 unspecified atom stereocenters. The Morgan fingerprint density at radius 3 is 2.56 bits per heavy atom. The zero-order valence-electron chi connectivity index (χ0n) is 19.9. The summed E-state index contributed by atoms with van der Waals surface area (Å²) in [5.74, 6) is -0.185. The van der Waals surface area contributed by atoms with Crippen LogP contribution in [0.25, 0.3) is 0 Å². The van der Waals surface area contributed by atoms with Crippen molar-refractivity contribution in [3.8, 4) is 11.9 Å². The quantitative estimate of drug-likeness (QED) is 0.452. The third kappa shape index (κ3) is 5.79. The van der Waals surface area contributed by atoms with Crippen molar-refractivity contribution in [2.45, 2.75) is 6.92 Å². The molecule has 0 bridgehead atoms. The summed E-state index contributed by atoms with van der Waals surface area (Å²) in [7, 11) is 2.09. The molecule has 1 amide bonds. The van der Waals surface area contributed by atoms with Gasteiger partial charge in [-0.25, -0.2) is 4.98 Å². The van der Waals surface area contributed by atoms with Crippen LogP contribution < -0.4 is 20.3 Å². The summed E-state index contributed by atoms with van der Waals surface area (Å²) in [6, 6.07) is 12.8. The first-order chi connectivity index (χ1) is 17.4. The number of benzene rings is 2. The van der Waals surface area contributed by atoms with Gasteiger partial charge in [0.25, 0.3) is 5.91 Å². The SMILES string of the molecule is CCOc1nc(Nc2ccc(N3CCN(C)CC3)c(C#N)c2)ncc1C(=O)Nc1c(Cl)cccc1Cl. The van der Waals surface area contributed by atoms with Gasteiger partial charge in [0, 0.05) is 38.1 Å². The average molecular weight is 526 g/mol. The third-order valence-corrected chi connectivity index (χ3v) is 6.33. The summed E-state index contributed by atoms with van der Waals surface area (Å²) in [5, 5.41) is 16.1. The van der Waals surface area contributed by atoms with Crippen molar-refractivity contribution >= 4 is 52.1 Å². The molecule has 1 aliphatic rings. The third-order valence-electron chi connectivity index (χ3n) is 5.70. The highest BCUT2D eigenvalue weighted by Gasteiger charge is 2.20. The molecule has 2 heterocycles. The molecule has 1 saturated heterocycles. The predicted molar refractivity (Wildman–Crippen MR) is 142 cm³/mol. The summed E-state index contributed by atoms with van der Waals surface area (Å²) in [5.41, 5.74) is 2.52. The largest absolute Gasteiger partial charge is 0.477 e. The van der Waals surface area contributed by atoms with Crippen LogP contribution in [0.5, 0.6) is 5.88 Å². The van der Waals surface area contributed by atoms with Gasteiger partial charge in [-0.05, 0) is 44.3 Å². The van der Waals surface area contributed by atoms with Crippen molar-refractivity contribution < 1.29 is 9.53 Å². The van der Waals surface area contributed by atoms with Crippen molar-refractivity contribution in [3.63, 3.8) is 0 Å². The van der Waals surface area contributed by atoms with Crippen molar-refractivity contribution in [1.29, 1.82) is 5.26 Å². The maximum Gasteiger partial charge on any atom is 0.262 e. The number of hydrogen-bond acceptors (Lipinski definition) is 8. The normalized spacial score (nSPS) is 13.7. The summed E-state index contributed by atoms with van der Waals surface area (Å²) in [6.45, 7) is 5.70. The Morgan fingerprint density at radius 1 is 1.17 bits per heavy atom. The molecule has 11 heteroatoms. The highest BCUT2D eigenvalue weighted by Crippen LogP contribution is 2.31. The first-order valence-corrected chi connectivity index (χ1v) is 12.1. The van der Waals surface area contributed by atoms with Crippen LogP contribution >= 0.6 is 23.2 Å². The Labute approximate surface area is 219 Å². The number of nitrogens with zero attached hydrogens (tertiary/aromatic N) is 5. The van der Waals surface area contributed by atoms with Gasteiger partial charge in [-0.1, -0.05) is 29.3 Å². The molecule has 3 aromatic rings. The highest BCUT2D eigenvalue weighted by atomic mass is 35.5. The van der Waals surface area contributed by atoms with Crippen LogP contribution in [0.2, 0.25) is 10.0 Å². The lowest BCUT2D eigenvalue weighted by atomic mass is 10.1. The molecule has 1 aromatic heterocycles. The number of carbonyl (C=O) groups is 1. The Balaban J connectivity index is 1.54. The molecule has 2 N–H and O–H groups in total. The summed E-state index contributed by atoms with van der Waals surface area (Å²) >= 11 is 12.3. The fraction of sp³-hybridized carbons (Fsp3) is 0.280. The van der Waals surface area contributed by atoms with E-state index in [-0.39, 0.29) is 17.4 Å². The van der Waals surface area contributed by atoms with Crippen molar-refractivity contribution in [2.75, 3.05) is 55.4 Å². The minimum atomic E-state index is -0.511. The van der Waals surface area contributed by atoms with E-state index in [4.69, 9.17) is 27.9 Å². The summed E-state index contributed by atoms with van der Waals surface area (Å²) < 4.78 is 5.61. The molecule has 1 fully saturated rings. The topological polar surface area (TPSA) is 106 Å². The molecule has 0 atom stereocenters. The van der Waals surface area contributed by atoms with Gasteiger partial charge in [0.2, 0.25) is 11.8 Å². The van der Waals surface area contributed by atoms with Gasteiger partial charge in [0.1, 0.15) is 11.6 Å². The Hall–Kier alpha value is -3.58. The van der Waals surface area contributed by atoms with Crippen molar-refractivity contribution in [3.05, 3.63) is 63.8 Å². The van der Waals surface area contributed by atoms with E-state index in [1.807, 2.05) is 12.1 Å². The number of nitrogens with one attached hydrogen (secondary N) is 2. The standard InChI is InChI=1S/C25H25Cl2N7O2/c1-3-36-24-18(23(35)31-22-19(26)5-4-6-20(22)27)15-29-25(32-24)30-17-7-8-21(16(13-17)14-28)34-11-9-33(2)10-12-34/h4-8,13,15H,3,9-12H2,1-2H3,(H,31,35)(H,29,30,32). The van der Waals surface area contributed by atoms with Gasteiger partial charge < -0.3 is 25.2 Å². The molecule has 0 saturated carbocycles.